The molecule has 0 saturated carbocycles. The number of benzene rings is 1. The van der Waals surface area contributed by atoms with Gasteiger partial charge in [0.2, 0.25) is 11.8 Å². The Bertz CT molecular complexity index is 1080. The number of halogens is 1. The van der Waals surface area contributed by atoms with Crippen molar-refractivity contribution in [1.29, 1.82) is 0 Å². The lowest BCUT2D eigenvalue weighted by Crippen LogP contribution is -2.28. The molecular weight excluding hydrogens is 377 g/mol. The summed E-state index contributed by atoms with van der Waals surface area (Å²) >= 11 is 0. The molecule has 1 amide bonds. The van der Waals surface area contributed by atoms with Gasteiger partial charge in [-0.1, -0.05) is 6.92 Å². The number of aromatic nitrogens is 4. The van der Waals surface area contributed by atoms with Crippen molar-refractivity contribution in [2.75, 3.05) is 19.1 Å². The average molecular weight is 395 g/mol. The average Bonchev–Trinajstić information content (AvgIpc) is 3.03. The zero-order chi connectivity index (χ0) is 20.5. The largest absolute Gasteiger partial charge is 0.493 e. The molecule has 2 aromatic heterocycles. The summed E-state index contributed by atoms with van der Waals surface area (Å²) in [6, 6.07) is 5.85. The second-order valence-electron chi connectivity index (χ2n) is 6.34. The number of ether oxygens (including phenoxy) is 2. The molecule has 0 aliphatic carbocycles. The molecule has 3 aromatic rings. The van der Waals surface area contributed by atoms with Crippen LogP contribution in [0, 0.1) is 5.95 Å². The highest BCUT2D eigenvalue weighted by Crippen LogP contribution is 2.43. The van der Waals surface area contributed by atoms with Crippen LogP contribution in [0.3, 0.4) is 0 Å². The summed E-state index contributed by atoms with van der Waals surface area (Å²) in [5.74, 6) is 0.223. The van der Waals surface area contributed by atoms with Crippen molar-refractivity contribution in [1.82, 2.24) is 19.9 Å². The summed E-state index contributed by atoms with van der Waals surface area (Å²) in [6.45, 7) is 1.94. The molecule has 3 heterocycles. The second kappa shape index (κ2) is 7.42. The Hall–Kier alpha value is -3.62. The Morgan fingerprint density at radius 2 is 1.72 bits per heavy atom. The Morgan fingerprint density at radius 1 is 1.03 bits per heavy atom. The number of carbonyl (C=O) groups excluding carboxylic acids is 1. The summed E-state index contributed by atoms with van der Waals surface area (Å²) in [4.78, 5) is 30.9. The molecule has 8 nitrogen and oxygen atoms in total. The molecule has 4 rings (SSSR count). The van der Waals surface area contributed by atoms with Gasteiger partial charge < -0.3 is 9.47 Å². The maximum absolute atomic E-state index is 14.3. The van der Waals surface area contributed by atoms with E-state index in [1.54, 1.807) is 18.2 Å². The molecular formula is C20H18FN5O3. The van der Waals surface area contributed by atoms with Gasteiger partial charge in [-0.25, -0.2) is 15.0 Å². The van der Waals surface area contributed by atoms with Crippen molar-refractivity contribution in [2.24, 2.45) is 0 Å². The Kier molecular flexibility index (Phi) is 4.79. The number of hydrogen-bond donors (Lipinski definition) is 0. The monoisotopic (exact) mass is 395 g/mol. The molecule has 148 valence electrons. The minimum Gasteiger partial charge on any atom is -0.493 e. The Morgan fingerprint density at radius 3 is 2.38 bits per heavy atom. The second-order valence-corrected chi connectivity index (χ2v) is 6.34. The first-order valence-corrected chi connectivity index (χ1v) is 8.98. The van der Waals surface area contributed by atoms with Gasteiger partial charge in [0.15, 0.2) is 17.3 Å². The maximum atomic E-state index is 14.3. The number of amides is 1. The zero-order valence-corrected chi connectivity index (χ0v) is 16.1. The van der Waals surface area contributed by atoms with Crippen LogP contribution >= 0.6 is 0 Å². The first-order valence-electron chi connectivity index (χ1n) is 8.98. The lowest BCUT2D eigenvalue weighted by molar-refractivity contribution is 0.0989. The van der Waals surface area contributed by atoms with E-state index in [2.05, 4.69) is 19.9 Å². The van der Waals surface area contributed by atoms with E-state index in [1.807, 2.05) is 6.92 Å². The number of carbonyl (C=O) groups is 1. The molecule has 29 heavy (non-hydrogen) atoms. The van der Waals surface area contributed by atoms with Crippen molar-refractivity contribution < 1.29 is 18.7 Å². The molecule has 1 aromatic carbocycles. The van der Waals surface area contributed by atoms with Crippen molar-refractivity contribution in [2.45, 2.75) is 19.4 Å². The number of fused-ring (bicyclic) bond motifs is 1. The van der Waals surface area contributed by atoms with E-state index < -0.39 is 5.95 Å². The molecule has 1 unspecified atom stereocenters. The summed E-state index contributed by atoms with van der Waals surface area (Å²) in [5, 5.41) is 0. The van der Waals surface area contributed by atoms with Gasteiger partial charge in [-0.2, -0.15) is 9.37 Å². The van der Waals surface area contributed by atoms with Crippen LogP contribution in [-0.2, 0) is 0 Å². The lowest BCUT2D eigenvalue weighted by atomic mass is 10.0. The molecule has 0 spiro atoms. The predicted molar refractivity (Wildman–Crippen MR) is 102 cm³/mol. The van der Waals surface area contributed by atoms with E-state index in [4.69, 9.17) is 9.47 Å². The van der Waals surface area contributed by atoms with Crippen LogP contribution in [0.5, 0.6) is 11.5 Å². The number of nitrogens with zero attached hydrogens (tertiary/aromatic N) is 5. The quantitative estimate of drug-likeness (QED) is 0.613. The summed E-state index contributed by atoms with van der Waals surface area (Å²) in [6.07, 6.45) is 3.62. The SMILES string of the molecule is CCC1c2cc(OC)c(OC)cc2C(=O)N1c1cc(F)nc(-c2ncccn2)n1. The minimum absolute atomic E-state index is 0.00868. The van der Waals surface area contributed by atoms with Crippen LogP contribution in [0.1, 0.15) is 35.3 Å². The Labute approximate surface area is 166 Å². The van der Waals surface area contributed by atoms with E-state index >= 15 is 0 Å². The van der Waals surface area contributed by atoms with Crippen LogP contribution in [0.25, 0.3) is 11.6 Å². The normalized spacial score (nSPS) is 15.4. The van der Waals surface area contributed by atoms with Gasteiger partial charge in [0, 0.05) is 24.0 Å². The lowest BCUT2D eigenvalue weighted by Gasteiger charge is -2.23. The molecule has 1 aliphatic rings. The minimum atomic E-state index is -0.772. The maximum Gasteiger partial charge on any atom is 0.260 e. The number of anilines is 1. The molecule has 1 aliphatic heterocycles. The fourth-order valence-corrected chi connectivity index (χ4v) is 3.48. The summed E-state index contributed by atoms with van der Waals surface area (Å²) < 4.78 is 25.0. The van der Waals surface area contributed by atoms with Gasteiger partial charge in [0.05, 0.1) is 20.3 Å². The third kappa shape index (κ3) is 3.14. The van der Waals surface area contributed by atoms with Crippen molar-refractivity contribution in [3.05, 3.63) is 53.7 Å². The molecule has 9 heteroatoms. The fraction of sp³-hybridized carbons (Fsp3) is 0.250. The zero-order valence-electron chi connectivity index (χ0n) is 16.1. The highest BCUT2D eigenvalue weighted by atomic mass is 19.1. The third-order valence-electron chi connectivity index (χ3n) is 4.76. The van der Waals surface area contributed by atoms with Gasteiger partial charge in [-0.15, -0.1) is 0 Å². The number of methoxy groups -OCH3 is 2. The van der Waals surface area contributed by atoms with Gasteiger partial charge in [-0.3, -0.25) is 9.69 Å². The molecule has 0 N–H and O–H groups in total. The summed E-state index contributed by atoms with van der Waals surface area (Å²) in [7, 11) is 3.04. The standard InChI is InChI=1S/C20H18FN5O3/c1-4-13-11-8-14(28-2)15(29-3)9-12(11)20(27)26(13)17-10-16(21)24-19(25-17)18-22-6-5-7-23-18/h5-10,13H,4H2,1-3H3. The van der Waals surface area contributed by atoms with E-state index in [0.717, 1.165) is 11.6 Å². The van der Waals surface area contributed by atoms with Crippen molar-refractivity contribution in [3.63, 3.8) is 0 Å². The van der Waals surface area contributed by atoms with E-state index in [9.17, 15) is 9.18 Å². The van der Waals surface area contributed by atoms with E-state index in [-0.39, 0.29) is 29.4 Å². The molecule has 0 fully saturated rings. The smallest absolute Gasteiger partial charge is 0.260 e. The van der Waals surface area contributed by atoms with Crippen molar-refractivity contribution in [3.8, 4) is 23.1 Å². The topological polar surface area (TPSA) is 90.3 Å². The molecule has 0 bridgehead atoms. The van der Waals surface area contributed by atoms with Crippen molar-refractivity contribution >= 4 is 11.7 Å². The first kappa shape index (κ1) is 18.7. The van der Waals surface area contributed by atoms with E-state index in [0.29, 0.717) is 23.5 Å². The highest BCUT2D eigenvalue weighted by Gasteiger charge is 2.39. The van der Waals surface area contributed by atoms with Crippen LogP contribution < -0.4 is 14.4 Å². The molecule has 0 saturated heterocycles. The first-order chi connectivity index (χ1) is 14.1. The van der Waals surface area contributed by atoms with Gasteiger partial charge in [0.1, 0.15) is 5.82 Å². The Balaban J connectivity index is 1.83. The van der Waals surface area contributed by atoms with Crippen LogP contribution in [0.15, 0.2) is 36.7 Å². The van der Waals surface area contributed by atoms with Gasteiger partial charge in [0.25, 0.3) is 5.91 Å². The van der Waals surface area contributed by atoms with Crippen LogP contribution in [0.2, 0.25) is 0 Å². The fourth-order valence-electron chi connectivity index (χ4n) is 3.48. The molecule has 0 radical (unpaired) electrons. The molecule has 1 atom stereocenters. The number of rotatable bonds is 5. The third-order valence-corrected chi connectivity index (χ3v) is 4.76. The van der Waals surface area contributed by atoms with Gasteiger partial charge >= 0.3 is 0 Å². The predicted octanol–water partition coefficient (Wildman–Crippen LogP) is 3.20. The highest BCUT2D eigenvalue weighted by molar-refractivity contribution is 6.11. The van der Waals surface area contributed by atoms with Crippen LogP contribution in [0.4, 0.5) is 10.2 Å². The van der Waals surface area contributed by atoms with Gasteiger partial charge in [-0.05, 0) is 30.2 Å². The summed E-state index contributed by atoms with van der Waals surface area (Å²) in [5.41, 5.74) is 1.23. The number of hydrogen-bond acceptors (Lipinski definition) is 7. The van der Waals surface area contributed by atoms with Crippen LogP contribution in [-0.4, -0.2) is 40.1 Å². The van der Waals surface area contributed by atoms with E-state index in [1.165, 1.54) is 31.5 Å².